The molecule has 1 fully saturated rings. The molecule has 31 heavy (non-hydrogen) atoms. The first-order valence-electron chi connectivity index (χ1n) is 10.0. The molecule has 1 spiro atoms. The number of aliphatic hydroxyl groups is 1. The number of amides is 1. The summed E-state index contributed by atoms with van der Waals surface area (Å²) in [5, 5.41) is 11.8. The highest BCUT2D eigenvalue weighted by molar-refractivity contribution is 6.32. The topological polar surface area (TPSA) is 74.7 Å². The van der Waals surface area contributed by atoms with Gasteiger partial charge in [0, 0.05) is 21.9 Å². The van der Waals surface area contributed by atoms with Gasteiger partial charge in [0.15, 0.2) is 22.9 Å². The standard InChI is InChI=1S/C24H19Cl2NO4/c1-12-3-4-15(26)11-17(12)27-22(31)20(29)19(21(30)23(2)7-8-23)24(27)16-6-5-14(25)9-13(16)10-18(24)28/h3-6,9,11,29H,7-8,10H2,1-2H3. The highest BCUT2D eigenvalue weighted by atomic mass is 35.5. The quantitative estimate of drug-likeness (QED) is 0.717. The Morgan fingerprint density at radius 2 is 1.71 bits per heavy atom. The van der Waals surface area contributed by atoms with Crippen LogP contribution in [0.4, 0.5) is 5.69 Å². The Bertz CT molecular complexity index is 1240. The number of aliphatic hydroxyl groups excluding tert-OH is 1. The molecular formula is C24H19Cl2NO4. The maximum atomic E-state index is 13.7. The van der Waals surface area contributed by atoms with Crippen molar-refractivity contribution < 1.29 is 19.5 Å². The fraction of sp³-hybridized carbons (Fsp3) is 0.292. The molecule has 1 atom stereocenters. The van der Waals surface area contributed by atoms with E-state index in [2.05, 4.69) is 0 Å². The van der Waals surface area contributed by atoms with Crippen LogP contribution >= 0.6 is 23.2 Å². The van der Waals surface area contributed by atoms with Gasteiger partial charge in [0.25, 0.3) is 5.91 Å². The molecule has 1 N–H and O–H groups in total. The van der Waals surface area contributed by atoms with E-state index in [1.54, 1.807) is 50.2 Å². The van der Waals surface area contributed by atoms with Gasteiger partial charge in [0.1, 0.15) is 0 Å². The summed E-state index contributed by atoms with van der Waals surface area (Å²) < 4.78 is 0. The van der Waals surface area contributed by atoms with Crippen LogP contribution in [0.1, 0.15) is 36.5 Å². The number of carbonyl (C=O) groups is 3. The molecule has 2 aliphatic carbocycles. The molecule has 1 unspecified atom stereocenters. The first kappa shape index (κ1) is 20.3. The van der Waals surface area contributed by atoms with Gasteiger partial charge < -0.3 is 5.11 Å². The SMILES string of the molecule is Cc1ccc(Cl)cc1N1C(=O)C(O)=C(C(=O)C2(C)CC2)C12C(=O)Cc1cc(Cl)ccc12. The minimum Gasteiger partial charge on any atom is -0.503 e. The van der Waals surface area contributed by atoms with E-state index in [4.69, 9.17) is 23.2 Å². The average molecular weight is 456 g/mol. The van der Waals surface area contributed by atoms with E-state index in [0.717, 1.165) is 0 Å². The highest BCUT2D eigenvalue weighted by Gasteiger charge is 2.66. The molecule has 0 saturated heterocycles. The molecule has 5 nitrogen and oxygen atoms in total. The number of nitrogens with zero attached hydrogens (tertiary/aromatic N) is 1. The maximum Gasteiger partial charge on any atom is 0.295 e. The van der Waals surface area contributed by atoms with E-state index in [1.165, 1.54) is 4.90 Å². The number of fused-ring (bicyclic) bond motifs is 2. The lowest BCUT2D eigenvalue weighted by Gasteiger charge is -2.37. The molecule has 0 radical (unpaired) electrons. The number of carbonyl (C=O) groups excluding carboxylic acids is 3. The van der Waals surface area contributed by atoms with E-state index in [1.807, 2.05) is 0 Å². The predicted octanol–water partition coefficient (Wildman–Crippen LogP) is 4.85. The highest BCUT2D eigenvalue weighted by Crippen LogP contribution is 2.57. The molecule has 2 aromatic rings. The summed E-state index contributed by atoms with van der Waals surface area (Å²) in [6.45, 7) is 3.58. The molecule has 0 bridgehead atoms. The number of benzene rings is 2. The van der Waals surface area contributed by atoms with Crippen LogP contribution in [0, 0.1) is 12.3 Å². The Morgan fingerprint density at radius 3 is 2.39 bits per heavy atom. The van der Waals surface area contributed by atoms with Gasteiger partial charge in [-0.1, -0.05) is 42.3 Å². The van der Waals surface area contributed by atoms with Crippen molar-refractivity contribution in [3.05, 3.63) is 74.5 Å². The molecule has 0 aromatic heterocycles. The van der Waals surface area contributed by atoms with E-state index in [9.17, 15) is 19.5 Å². The third kappa shape index (κ3) is 2.60. The monoisotopic (exact) mass is 455 g/mol. The first-order valence-corrected chi connectivity index (χ1v) is 10.8. The fourth-order valence-corrected chi connectivity index (χ4v) is 5.14. The van der Waals surface area contributed by atoms with Crippen molar-refractivity contribution in [2.24, 2.45) is 5.41 Å². The number of anilines is 1. The Balaban J connectivity index is 1.86. The van der Waals surface area contributed by atoms with Gasteiger partial charge in [-0.3, -0.25) is 19.3 Å². The zero-order valence-electron chi connectivity index (χ0n) is 17.0. The Kier molecular flexibility index (Phi) is 4.21. The number of Topliss-reactive ketones (excluding diaryl/α,β-unsaturated/α-hetero) is 2. The lowest BCUT2D eigenvalue weighted by molar-refractivity contribution is -0.127. The van der Waals surface area contributed by atoms with Crippen LogP contribution in [-0.2, 0) is 26.3 Å². The fourth-order valence-electron chi connectivity index (χ4n) is 4.78. The molecule has 158 valence electrons. The summed E-state index contributed by atoms with van der Waals surface area (Å²) in [4.78, 5) is 42.0. The first-order chi connectivity index (χ1) is 14.6. The third-order valence-corrected chi connectivity index (χ3v) is 7.21. The average Bonchev–Trinajstić information content (AvgIpc) is 3.35. The van der Waals surface area contributed by atoms with Crippen LogP contribution < -0.4 is 4.90 Å². The van der Waals surface area contributed by atoms with Gasteiger partial charge in [0.05, 0.1) is 11.3 Å². The van der Waals surface area contributed by atoms with Crippen molar-refractivity contribution in [2.75, 3.05) is 4.90 Å². The third-order valence-electron chi connectivity index (χ3n) is 6.74. The molecule has 1 saturated carbocycles. The Morgan fingerprint density at radius 1 is 1.06 bits per heavy atom. The molecule has 1 aliphatic heterocycles. The molecule has 5 rings (SSSR count). The van der Waals surface area contributed by atoms with Crippen LogP contribution in [0.25, 0.3) is 0 Å². The number of aryl methyl sites for hydroxylation is 1. The second-order valence-electron chi connectivity index (χ2n) is 8.80. The molecule has 1 amide bonds. The van der Waals surface area contributed by atoms with Gasteiger partial charge in [-0.05, 0) is 60.7 Å². The van der Waals surface area contributed by atoms with Gasteiger partial charge in [-0.15, -0.1) is 0 Å². The summed E-state index contributed by atoms with van der Waals surface area (Å²) in [5.74, 6) is -2.17. The molecule has 1 heterocycles. The van der Waals surface area contributed by atoms with Gasteiger partial charge in [-0.2, -0.15) is 0 Å². The maximum absolute atomic E-state index is 13.7. The zero-order valence-corrected chi connectivity index (χ0v) is 18.5. The number of rotatable bonds is 3. The van der Waals surface area contributed by atoms with Crippen molar-refractivity contribution in [2.45, 2.75) is 38.6 Å². The molecule has 3 aliphatic rings. The summed E-state index contributed by atoms with van der Waals surface area (Å²) in [5.41, 5.74) is -0.370. The van der Waals surface area contributed by atoms with Crippen molar-refractivity contribution in [1.29, 1.82) is 0 Å². The van der Waals surface area contributed by atoms with E-state index in [0.29, 0.717) is 45.3 Å². The summed E-state index contributed by atoms with van der Waals surface area (Å²) in [6, 6.07) is 9.97. The van der Waals surface area contributed by atoms with Crippen molar-refractivity contribution in [3.8, 4) is 0 Å². The summed E-state index contributed by atoms with van der Waals surface area (Å²) in [6.07, 6.45) is 1.29. The molecular weight excluding hydrogens is 437 g/mol. The second kappa shape index (κ2) is 6.44. The van der Waals surface area contributed by atoms with Crippen molar-refractivity contribution in [1.82, 2.24) is 0 Å². The predicted molar refractivity (Wildman–Crippen MR) is 118 cm³/mol. The number of hydrogen-bond donors (Lipinski definition) is 1. The summed E-state index contributed by atoms with van der Waals surface area (Å²) >= 11 is 12.4. The minimum atomic E-state index is -1.74. The van der Waals surface area contributed by atoms with Crippen molar-refractivity contribution in [3.63, 3.8) is 0 Å². The Hall–Kier alpha value is -2.63. The van der Waals surface area contributed by atoms with E-state index in [-0.39, 0.29) is 23.6 Å². The van der Waals surface area contributed by atoms with E-state index >= 15 is 0 Å². The Labute approximate surface area is 189 Å². The van der Waals surface area contributed by atoms with E-state index < -0.39 is 22.6 Å². The number of hydrogen-bond acceptors (Lipinski definition) is 4. The van der Waals surface area contributed by atoms with Crippen LogP contribution in [0.5, 0.6) is 0 Å². The minimum absolute atomic E-state index is 0.0000605. The lowest BCUT2D eigenvalue weighted by atomic mass is 9.77. The second-order valence-corrected chi connectivity index (χ2v) is 9.67. The van der Waals surface area contributed by atoms with Crippen LogP contribution in [0.2, 0.25) is 10.0 Å². The largest absolute Gasteiger partial charge is 0.503 e. The summed E-state index contributed by atoms with van der Waals surface area (Å²) in [7, 11) is 0. The van der Waals surface area contributed by atoms with Gasteiger partial charge >= 0.3 is 0 Å². The lowest BCUT2D eigenvalue weighted by Crippen LogP contribution is -2.52. The van der Waals surface area contributed by atoms with Crippen LogP contribution in [0.15, 0.2) is 47.7 Å². The molecule has 2 aromatic carbocycles. The normalized spacial score (nSPS) is 23.7. The molecule has 7 heteroatoms. The van der Waals surface area contributed by atoms with Crippen LogP contribution in [-0.4, -0.2) is 22.6 Å². The van der Waals surface area contributed by atoms with Crippen molar-refractivity contribution >= 4 is 46.4 Å². The number of halogens is 2. The van der Waals surface area contributed by atoms with Crippen LogP contribution in [0.3, 0.4) is 0 Å². The number of ketones is 2. The smallest absolute Gasteiger partial charge is 0.295 e. The zero-order chi connectivity index (χ0) is 22.3. The van der Waals surface area contributed by atoms with Gasteiger partial charge in [0.2, 0.25) is 0 Å². The van der Waals surface area contributed by atoms with Gasteiger partial charge in [-0.25, -0.2) is 0 Å².